The molecule has 1 aromatic rings. The highest BCUT2D eigenvalue weighted by Gasteiger charge is 2.20. The van der Waals surface area contributed by atoms with Gasteiger partial charge < -0.3 is 35.4 Å². The molecule has 1 saturated heterocycles. The molecule has 1 fully saturated rings. The second-order valence-corrected chi connectivity index (χ2v) is 9.14. The van der Waals surface area contributed by atoms with Crippen molar-refractivity contribution < 1.29 is 24.2 Å². The van der Waals surface area contributed by atoms with Crippen molar-refractivity contribution in [2.24, 2.45) is 5.92 Å². The van der Waals surface area contributed by atoms with Crippen LogP contribution in [0.15, 0.2) is 24.3 Å². The lowest BCUT2D eigenvalue weighted by atomic mass is 9.95. The van der Waals surface area contributed by atoms with Crippen LogP contribution in [-0.4, -0.2) is 81.7 Å². The van der Waals surface area contributed by atoms with Gasteiger partial charge in [-0.25, -0.2) is 9.59 Å². The first kappa shape index (κ1) is 28.2. The standard InChI is InChI=1S/C24H39ClN4O5/c1-26-21(14-18-6-3-4-12-33-17-18)16-28-23(30)29(2)11-9-22(34-13-10-27-24(31)32)19-7-5-8-20(25)15-19/h5,7-8,15,18,21-22,26-27H,3-4,6,9-14,16-17H2,1-2H3,(H,28,30)(H,31,32)/t18-,21?,22?/m1/s1. The molecule has 0 radical (unpaired) electrons. The molecule has 2 rings (SSSR count). The Kier molecular flexibility index (Phi) is 13.1. The van der Waals surface area contributed by atoms with Gasteiger partial charge in [0.25, 0.3) is 0 Å². The highest BCUT2D eigenvalue weighted by Crippen LogP contribution is 2.24. The van der Waals surface area contributed by atoms with E-state index in [1.54, 1.807) is 18.0 Å². The molecule has 0 bridgehead atoms. The average molecular weight is 499 g/mol. The molecule has 0 saturated carbocycles. The van der Waals surface area contributed by atoms with E-state index in [1.165, 1.54) is 12.8 Å². The molecule has 0 aromatic heterocycles. The van der Waals surface area contributed by atoms with Gasteiger partial charge in [0.05, 0.1) is 12.7 Å². The van der Waals surface area contributed by atoms with Crippen molar-refractivity contribution in [2.75, 3.05) is 53.6 Å². The van der Waals surface area contributed by atoms with Crippen molar-refractivity contribution in [3.8, 4) is 0 Å². The minimum absolute atomic E-state index is 0.144. The molecule has 1 heterocycles. The summed E-state index contributed by atoms with van der Waals surface area (Å²) in [6.07, 6.45) is 3.59. The van der Waals surface area contributed by atoms with Gasteiger partial charge in [-0.3, -0.25) is 0 Å². The zero-order valence-electron chi connectivity index (χ0n) is 20.2. The predicted octanol–water partition coefficient (Wildman–Crippen LogP) is 3.49. The first-order chi connectivity index (χ1) is 16.4. The molecule has 0 aliphatic carbocycles. The van der Waals surface area contributed by atoms with Gasteiger partial charge in [-0.2, -0.15) is 0 Å². The van der Waals surface area contributed by atoms with Gasteiger partial charge in [-0.1, -0.05) is 30.2 Å². The Morgan fingerprint density at radius 1 is 1.32 bits per heavy atom. The number of nitrogens with one attached hydrogen (secondary N) is 3. The summed E-state index contributed by atoms with van der Waals surface area (Å²) in [5, 5.41) is 18.0. The summed E-state index contributed by atoms with van der Waals surface area (Å²) in [6, 6.07) is 7.41. The summed E-state index contributed by atoms with van der Waals surface area (Å²) < 4.78 is 11.6. The van der Waals surface area contributed by atoms with Gasteiger partial charge in [0.15, 0.2) is 0 Å². The van der Waals surface area contributed by atoms with Crippen molar-refractivity contribution >= 4 is 23.7 Å². The summed E-state index contributed by atoms with van der Waals surface area (Å²) in [5.74, 6) is 0.515. The number of nitrogens with zero attached hydrogens (tertiary/aromatic N) is 1. The Morgan fingerprint density at radius 3 is 2.88 bits per heavy atom. The predicted molar refractivity (Wildman–Crippen MR) is 132 cm³/mol. The highest BCUT2D eigenvalue weighted by molar-refractivity contribution is 6.30. The summed E-state index contributed by atoms with van der Waals surface area (Å²) in [4.78, 5) is 25.0. The van der Waals surface area contributed by atoms with Crippen LogP contribution in [0.1, 0.15) is 43.8 Å². The molecule has 1 aromatic carbocycles. The maximum Gasteiger partial charge on any atom is 0.404 e. The normalized spacial score (nSPS) is 17.9. The number of carboxylic acid groups (broad SMARTS) is 1. The minimum Gasteiger partial charge on any atom is -0.465 e. The van der Waals surface area contributed by atoms with Crippen molar-refractivity contribution in [1.82, 2.24) is 20.9 Å². The molecular weight excluding hydrogens is 460 g/mol. The van der Waals surface area contributed by atoms with E-state index in [9.17, 15) is 9.59 Å². The zero-order valence-corrected chi connectivity index (χ0v) is 21.0. The Balaban J connectivity index is 1.82. The average Bonchev–Trinajstić information content (AvgIpc) is 3.09. The molecule has 1 aliphatic rings. The Labute approximate surface area is 207 Å². The van der Waals surface area contributed by atoms with E-state index in [2.05, 4.69) is 16.0 Å². The summed E-state index contributed by atoms with van der Waals surface area (Å²) in [6.45, 7) is 3.05. The van der Waals surface area contributed by atoms with Crippen molar-refractivity contribution in [3.63, 3.8) is 0 Å². The first-order valence-corrected chi connectivity index (χ1v) is 12.3. The fraction of sp³-hybridized carbons (Fsp3) is 0.667. The van der Waals surface area contributed by atoms with Crippen LogP contribution < -0.4 is 16.0 Å². The maximum atomic E-state index is 12.7. The van der Waals surface area contributed by atoms with Crippen molar-refractivity contribution in [3.05, 3.63) is 34.9 Å². The second-order valence-electron chi connectivity index (χ2n) is 8.70. The molecule has 2 unspecified atom stereocenters. The van der Waals surface area contributed by atoms with Crippen LogP contribution in [0.2, 0.25) is 5.02 Å². The molecule has 3 amide bonds. The van der Waals surface area contributed by atoms with E-state index in [1.807, 2.05) is 25.2 Å². The van der Waals surface area contributed by atoms with Crippen LogP contribution in [0, 0.1) is 5.92 Å². The lowest BCUT2D eigenvalue weighted by Gasteiger charge is -2.25. The van der Waals surface area contributed by atoms with E-state index in [0.717, 1.165) is 31.6 Å². The minimum atomic E-state index is -1.09. The summed E-state index contributed by atoms with van der Waals surface area (Å²) >= 11 is 6.13. The van der Waals surface area contributed by atoms with Crippen LogP contribution in [0.5, 0.6) is 0 Å². The fourth-order valence-corrected chi connectivity index (χ4v) is 4.23. The number of carbonyl (C=O) groups is 2. The highest BCUT2D eigenvalue weighted by atomic mass is 35.5. The number of ether oxygens (including phenoxy) is 2. The van der Waals surface area contributed by atoms with Crippen molar-refractivity contribution in [1.29, 1.82) is 0 Å². The number of likely N-dealkylation sites (N-methyl/N-ethyl adjacent to an activating group) is 1. The van der Waals surface area contributed by atoms with Gasteiger partial charge in [0.2, 0.25) is 0 Å². The van der Waals surface area contributed by atoms with Crippen LogP contribution in [0.4, 0.5) is 9.59 Å². The Morgan fingerprint density at radius 2 is 2.15 bits per heavy atom. The Hall–Kier alpha value is -2.07. The van der Waals surface area contributed by atoms with Crippen LogP contribution in [0.25, 0.3) is 0 Å². The monoisotopic (exact) mass is 498 g/mol. The molecule has 3 atom stereocenters. The number of rotatable bonds is 13. The fourth-order valence-electron chi connectivity index (χ4n) is 4.03. The van der Waals surface area contributed by atoms with Gasteiger partial charge in [-0.05, 0) is 56.3 Å². The number of hydrogen-bond acceptors (Lipinski definition) is 5. The van der Waals surface area contributed by atoms with Gasteiger partial charge >= 0.3 is 12.1 Å². The van der Waals surface area contributed by atoms with Gasteiger partial charge in [-0.15, -0.1) is 0 Å². The van der Waals surface area contributed by atoms with Crippen LogP contribution >= 0.6 is 11.6 Å². The molecule has 4 N–H and O–H groups in total. The molecular formula is C24H39ClN4O5. The molecule has 10 heteroatoms. The quantitative estimate of drug-likeness (QED) is 0.310. The smallest absolute Gasteiger partial charge is 0.404 e. The topological polar surface area (TPSA) is 112 Å². The van der Waals surface area contributed by atoms with E-state index >= 15 is 0 Å². The second kappa shape index (κ2) is 15.8. The van der Waals surface area contributed by atoms with Crippen LogP contribution in [-0.2, 0) is 9.47 Å². The third kappa shape index (κ3) is 10.9. The maximum absolute atomic E-state index is 12.7. The number of urea groups is 1. The molecule has 192 valence electrons. The third-order valence-corrected chi connectivity index (χ3v) is 6.26. The number of carbonyl (C=O) groups excluding carboxylic acids is 1. The third-order valence-electron chi connectivity index (χ3n) is 6.02. The van der Waals surface area contributed by atoms with Gasteiger partial charge in [0, 0.05) is 51.0 Å². The molecule has 1 aliphatic heterocycles. The molecule has 9 nitrogen and oxygen atoms in total. The van der Waals surface area contributed by atoms with Crippen molar-refractivity contribution in [2.45, 2.75) is 44.2 Å². The number of amides is 3. The SMILES string of the molecule is CNC(CNC(=O)N(C)CCC(OCCNC(=O)O)c1cccc(Cl)c1)C[C@H]1CCCCOC1. The van der Waals surface area contributed by atoms with E-state index in [4.69, 9.17) is 26.2 Å². The lowest BCUT2D eigenvalue weighted by Crippen LogP contribution is -2.45. The number of hydrogen-bond donors (Lipinski definition) is 4. The molecule has 0 spiro atoms. The summed E-state index contributed by atoms with van der Waals surface area (Å²) in [5.41, 5.74) is 0.887. The van der Waals surface area contributed by atoms with Gasteiger partial charge in [0.1, 0.15) is 0 Å². The zero-order chi connectivity index (χ0) is 24.8. The van der Waals surface area contributed by atoms with Crippen LogP contribution in [0.3, 0.4) is 0 Å². The lowest BCUT2D eigenvalue weighted by molar-refractivity contribution is 0.0443. The van der Waals surface area contributed by atoms with E-state index in [0.29, 0.717) is 30.5 Å². The largest absolute Gasteiger partial charge is 0.465 e. The summed E-state index contributed by atoms with van der Waals surface area (Å²) in [7, 11) is 3.67. The number of halogens is 1. The Bertz CT molecular complexity index is 746. The van der Waals surface area contributed by atoms with E-state index in [-0.39, 0.29) is 31.3 Å². The van der Waals surface area contributed by atoms with E-state index < -0.39 is 6.09 Å². The number of benzene rings is 1. The first-order valence-electron chi connectivity index (χ1n) is 12.0. The molecule has 34 heavy (non-hydrogen) atoms.